The molecule has 3 rings (SSSR count). The van der Waals surface area contributed by atoms with Gasteiger partial charge in [-0.05, 0) is 24.0 Å². The molecule has 1 fully saturated rings. The summed E-state index contributed by atoms with van der Waals surface area (Å²) in [6.45, 7) is 2.34. The van der Waals surface area contributed by atoms with E-state index in [2.05, 4.69) is 67.6 Å². The van der Waals surface area contributed by atoms with Crippen LogP contribution in [0.2, 0.25) is 0 Å². The molecule has 0 N–H and O–H groups in total. The smallest absolute Gasteiger partial charge is 0.356 e. The maximum absolute atomic E-state index is 6.28. The number of hydrogen-bond donors (Lipinski definition) is 0. The van der Waals surface area contributed by atoms with Crippen molar-refractivity contribution in [3.05, 3.63) is 71.8 Å². The quantitative estimate of drug-likeness (QED) is 0.757. The van der Waals surface area contributed by atoms with E-state index >= 15 is 0 Å². The van der Waals surface area contributed by atoms with Crippen LogP contribution in [0.4, 0.5) is 0 Å². The van der Waals surface area contributed by atoms with Crippen molar-refractivity contribution in [2.75, 3.05) is 14.2 Å². The molecule has 2 nitrogen and oxygen atoms in total. The second kappa shape index (κ2) is 6.60. The summed E-state index contributed by atoms with van der Waals surface area (Å²) in [5.74, 6) is 0. The van der Waals surface area contributed by atoms with Crippen molar-refractivity contribution < 1.29 is 8.85 Å². The first-order valence-corrected chi connectivity index (χ1v) is 10.3. The molecule has 2 unspecified atom stereocenters. The van der Waals surface area contributed by atoms with Crippen molar-refractivity contribution in [1.82, 2.24) is 0 Å². The van der Waals surface area contributed by atoms with E-state index in [9.17, 15) is 0 Å². The van der Waals surface area contributed by atoms with Crippen LogP contribution in [0.25, 0.3) is 0 Å². The zero-order valence-electron chi connectivity index (χ0n) is 14.3. The van der Waals surface area contributed by atoms with Crippen molar-refractivity contribution in [3.8, 4) is 0 Å². The summed E-state index contributed by atoms with van der Waals surface area (Å²) in [5, 5.41) is -0.0451. The third kappa shape index (κ3) is 2.57. The lowest BCUT2D eigenvalue weighted by Gasteiger charge is -2.51. The predicted octanol–water partition coefficient (Wildman–Crippen LogP) is 4.73. The fourth-order valence-corrected chi connectivity index (χ4v) is 9.17. The second-order valence-electron chi connectivity index (χ2n) is 6.63. The van der Waals surface area contributed by atoms with Gasteiger partial charge in [0.2, 0.25) is 0 Å². The van der Waals surface area contributed by atoms with Gasteiger partial charge in [0.15, 0.2) is 0 Å². The van der Waals surface area contributed by atoms with Crippen LogP contribution in [0.3, 0.4) is 0 Å². The summed E-state index contributed by atoms with van der Waals surface area (Å²) in [6.07, 6.45) is 3.46. The van der Waals surface area contributed by atoms with E-state index in [0.717, 1.165) is 12.8 Å². The van der Waals surface area contributed by atoms with E-state index in [1.54, 1.807) is 0 Å². The number of hydrogen-bond acceptors (Lipinski definition) is 2. The lowest BCUT2D eigenvalue weighted by Crippen LogP contribution is -2.64. The van der Waals surface area contributed by atoms with Gasteiger partial charge in [-0.15, -0.1) is 0 Å². The summed E-state index contributed by atoms with van der Waals surface area (Å²) in [7, 11) is 1.20. The Hall–Kier alpha value is -1.42. The molecule has 0 aliphatic carbocycles. The predicted molar refractivity (Wildman–Crippen MR) is 96.6 cm³/mol. The fourth-order valence-electron chi connectivity index (χ4n) is 4.45. The normalized spacial score (nSPS) is 26.8. The molecule has 0 amide bonds. The Kier molecular flexibility index (Phi) is 4.71. The molecule has 23 heavy (non-hydrogen) atoms. The molecule has 1 saturated heterocycles. The molecule has 3 heteroatoms. The standard InChI is InChI=1S/C20H26O2Si/c1-20(18-13-8-5-9-14-18)16-10-15-19(23(20,21-2)22-3)17-11-6-4-7-12-17/h4-9,11-14,19H,10,15-16H2,1-3H3. The molecule has 122 valence electrons. The van der Waals surface area contributed by atoms with Gasteiger partial charge in [0.05, 0.1) is 0 Å². The Labute approximate surface area is 140 Å². The van der Waals surface area contributed by atoms with Crippen LogP contribution in [0.15, 0.2) is 60.7 Å². The van der Waals surface area contributed by atoms with E-state index in [0.29, 0.717) is 5.54 Å². The zero-order valence-corrected chi connectivity index (χ0v) is 15.3. The molecule has 0 saturated carbocycles. The molecule has 0 aromatic heterocycles. The first kappa shape index (κ1) is 16.4. The summed E-state index contributed by atoms with van der Waals surface area (Å²) < 4.78 is 12.6. The molecule has 0 radical (unpaired) electrons. The lowest BCUT2D eigenvalue weighted by molar-refractivity contribution is 0.174. The second-order valence-corrected chi connectivity index (χ2v) is 10.6. The largest absolute Gasteiger partial charge is 0.397 e. The summed E-state index contributed by atoms with van der Waals surface area (Å²) >= 11 is 0. The van der Waals surface area contributed by atoms with Crippen LogP contribution >= 0.6 is 0 Å². The average molecular weight is 327 g/mol. The van der Waals surface area contributed by atoms with E-state index in [4.69, 9.17) is 8.85 Å². The van der Waals surface area contributed by atoms with Gasteiger partial charge in [0.1, 0.15) is 0 Å². The monoisotopic (exact) mass is 326 g/mol. The van der Waals surface area contributed by atoms with Crippen molar-refractivity contribution in [2.45, 2.75) is 36.8 Å². The van der Waals surface area contributed by atoms with E-state index in [1.807, 2.05) is 14.2 Å². The first-order valence-electron chi connectivity index (χ1n) is 8.39. The minimum atomic E-state index is -2.50. The van der Waals surface area contributed by atoms with E-state index in [1.165, 1.54) is 17.5 Å². The Bertz CT molecular complexity index is 625. The maximum Gasteiger partial charge on any atom is 0.356 e. The van der Waals surface area contributed by atoms with E-state index < -0.39 is 8.56 Å². The molecule has 1 aliphatic rings. The Morgan fingerprint density at radius 1 is 0.913 bits per heavy atom. The van der Waals surface area contributed by atoms with Crippen molar-refractivity contribution >= 4 is 8.56 Å². The number of benzene rings is 2. The minimum absolute atomic E-state index is 0.0451. The molecule has 0 bridgehead atoms. The van der Waals surface area contributed by atoms with Crippen LogP contribution < -0.4 is 0 Å². The van der Waals surface area contributed by atoms with Crippen LogP contribution in [0.5, 0.6) is 0 Å². The summed E-state index contributed by atoms with van der Waals surface area (Å²) in [6, 6.07) is 21.5. The molecular weight excluding hydrogens is 300 g/mol. The highest BCUT2D eigenvalue weighted by Gasteiger charge is 2.61. The van der Waals surface area contributed by atoms with Gasteiger partial charge in [-0.2, -0.15) is 0 Å². The summed E-state index contributed by atoms with van der Waals surface area (Å²) in [5.41, 5.74) is 3.05. The first-order chi connectivity index (χ1) is 11.2. The third-order valence-corrected chi connectivity index (χ3v) is 10.4. The van der Waals surface area contributed by atoms with Crippen molar-refractivity contribution in [2.24, 2.45) is 0 Å². The third-order valence-electron chi connectivity index (χ3n) is 5.62. The molecule has 2 aromatic rings. The van der Waals surface area contributed by atoms with Gasteiger partial charge >= 0.3 is 8.56 Å². The Balaban J connectivity index is 2.13. The van der Waals surface area contributed by atoms with Crippen molar-refractivity contribution in [1.29, 1.82) is 0 Å². The molecule has 1 heterocycles. The van der Waals surface area contributed by atoms with Gasteiger partial charge in [0.25, 0.3) is 0 Å². The van der Waals surface area contributed by atoms with Gasteiger partial charge in [-0.3, -0.25) is 0 Å². The minimum Gasteiger partial charge on any atom is -0.397 e. The summed E-state index contributed by atoms with van der Waals surface area (Å²) in [4.78, 5) is 0. The van der Waals surface area contributed by atoms with E-state index in [-0.39, 0.29) is 5.04 Å². The fraction of sp³-hybridized carbons (Fsp3) is 0.400. The highest BCUT2D eigenvalue weighted by molar-refractivity contribution is 6.72. The SMILES string of the molecule is CO[Si]1(OC)C(c2ccccc2)CCCC1(C)c1ccccc1. The van der Waals surface area contributed by atoms with Crippen LogP contribution in [0, 0.1) is 0 Å². The van der Waals surface area contributed by atoms with Gasteiger partial charge in [-0.25, -0.2) is 0 Å². The van der Waals surface area contributed by atoms with Gasteiger partial charge in [0, 0.05) is 24.8 Å². The van der Waals surface area contributed by atoms with Gasteiger partial charge in [-0.1, -0.05) is 74.0 Å². The zero-order chi connectivity index (χ0) is 16.3. The Morgan fingerprint density at radius 3 is 2.04 bits per heavy atom. The molecular formula is C20H26O2Si. The highest BCUT2D eigenvalue weighted by Crippen LogP contribution is 2.51. The topological polar surface area (TPSA) is 18.5 Å². The average Bonchev–Trinajstić information content (AvgIpc) is 2.63. The van der Waals surface area contributed by atoms with Crippen LogP contribution in [-0.2, 0) is 13.9 Å². The molecule has 0 spiro atoms. The van der Waals surface area contributed by atoms with Crippen molar-refractivity contribution in [3.63, 3.8) is 0 Å². The molecule has 2 atom stereocenters. The molecule has 2 aromatic carbocycles. The number of rotatable bonds is 4. The maximum atomic E-state index is 6.28. The van der Waals surface area contributed by atoms with Crippen LogP contribution in [0.1, 0.15) is 42.9 Å². The Morgan fingerprint density at radius 2 is 1.48 bits per heavy atom. The van der Waals surface area contributed by atoms with Gasteiger partial charge < -0.3 is 8.85 Å². The molecule has 1 aliphatic heterocycles. The lowest BCUT2D eigenvalue weighted by atomic mass is 9.91. The highest BCUT2D eigenvalue weighted by atomic mass is 28.4. The van der Waals surface area contributed by atoms with Crippen LogP contribution in [-0.4, -0.2) is 22.8 Å².